The molecule has 0 saturated heterocycles. The van der Waals surface area contributed by atoms with Gasteiger partial charge in [-0.25, -0.2) is 9.59 Å². The number of hydrogen-bond donors (Lipinski definition) is 2. The Morgan fingerprint density at radius 3 is 2.06 bits per heavy atom. The van der Waals surface area contributed by atoms with Crippen LogP contribution in [0.15, 0.2) is 66.7 Å². The van der Waals surface area contributed by atoms with E-state index < -0.39 is 17.6 Å². The molecule has 0 spiro atoms. The summed E-state index contributed by atoms with van der Waals surface area (Å²) in [6.45, 7) is 1.55. The third kappa shape index (κ3) is 4.41. The number of rotatable bonds is 8. The predicted molar refractivity (Wildman–Crippen MR) is 127 cm³/mol. The summed E-state index contributed by atoms with van der Waals surface area (Å²) < 4.78 is 16.1. The van der Waals surface area contributed by atoms with E-state index in [4.69, 9.17) is 14.2 Å². The van der Waals surface area contributed by atoms with Crippen molar-refractivity contribution >= 4 is 12.1 Å². The Morgan fingerprint density at radius 1 is 0.912 bits per heavy atom. The van der Waals surface area contributed by atoms with E-state index in [1.807, 2.05) is 36.4 Å². The van der Waals surface area contributed by atoms with Crippen LogP contribution in [0.1, 0.15) is 29.5 Å². The molecule has 0 aliphatic heterocycles. The molecule has 3 aromatic rings. The summed E-state index contributed by atoms with van der Waals surface area (Å²) in [5, 5.41) is 12.4. The first-order valence-corrected chi connectivity index (χ1v) is 10.9. The third-order valence-electron chi connectivity index (χ3n) is 6.20. The molecule has 7 nitrogen and oxygen atoms in total. The van der Waals surface area contributed by atoms with Gasteiger partial charge in [0.2, 0.25) is 0 Å². The van der Waals surface area contributed by atoms with Crippen molar-refractivity contribution in [2.45, 2.75) is 24.8 Å². The van der Waals surface area contributed by atoms with Gasteiger partial charge in [-0.15, -0.1) is 0 Å². The van der Waals surface area contributed by atoms with E-state index in [0.29, 0.717) is 17.1 Å². The molecule has 1 aliphatic rings. The normalized spacial score (nSPS) is 13.9. The first-order chi connectivity index (χ1) is 16.4. The number of benzene rings is 3. The number of nitrogens with one attached hydrogen (secondary N) is 1. The van der Waals surface area contributed by atoms with Crippen LogP contribution in [-0.4, -0.2) is 43.5 Å². The van der Waals surface area contributed by atoms with Gasteiger partial charge in [0.1, 0.15) is 12.1 Å². The molecule has 176 valence electrons. The van der Waals surface area contributed by atoms with E-state index in [1.54, 1.807) is 18.2 Å². The average Bonchev–Trinajstić information content (AvgIpc) is 3.16. The van der Waals surface area contributed by atoms with E-state index in [-0.39, 0.29) is 18.9 Å². The summed E-state index contributed by atoms with van der Waals surface area (Å²) in [5.41, 5.74) is 3.50. The topological polar surface area (TPSA) is 94.1 Å². The molecule has 0 heterocycles. The number of alkyl carbamates (subject to hydrolysis) is 1. The van der Waals surface area contributed by atoms with Crippen LogP contribution < -0.4 is 14.8 Å². The largest absolute Gasteiger partial charge is 0.493 e. The van der Waals surface area contributed by atoms with Crippen LogP contribution in [0, 0.1) is 0 Å². The van der Waals surface area contributed by atoms with Crippen molar-refractivity contribution < 1.29 is 28.9 Å². The lowest BCUT2D eigenvalue weighted by atomic mass is 9.93. The SMILES string of the molecule is COc1ccc(CC(C)(NC(=O)OCC2c3ccccc3-c3ccccc32)C(=O)O)cc1OC. The summed E-state index contributed by atoms with van der Waals surface area (Å²) in [6.07, 6.45) is -0.750. The highest BCUT2D eigenvalue weighted by atomic mass is 16.5. The Labute approximate surface area is 198 Å². The van der Waals surface area contributed by atoms with Crippen molar-refractivity contribution in [3.05, 3.63) is 83.4 Å². The quantitative estimate of drug-likeness (QED) is 0.508. The molecule has 1 unspecified atom stereocenters. The molecular weight excluding hydrogens is 434 g/mol. The molecule has 2 N–H and O–H groups in total. The lowest BCUT2D eigenvalue weighted by Gasteiger charge is -2.26. The molecule has 0 radical (unpaired) electrons. The molecule has 3 aromatic carbocycles. The van der Waals surface area contributed by atoms with Gasteiger partial charge in [-0.1, -0.05) is 54.6 Å². The fraction of sp³-hybridized carbons (Fsp3) is 0.259. The van der Waals surface area contributed by atoms with Gasteiger partial charge in [-0.3, -0.25) is 0 Å². The molecule has 0 fully saturated rings. The zero-order valence-electron chi connectivity index (χ0n) is 19.3. The Bertz CT molecular complexity index is 1180. The van der Waals surface area contributed by atoms with E-state index in [1.165, 1.54) is 21.1 Å². The highest BCUT2D eigenvalue weighted by Crippen LogP contribution is 2.44. The van der Waals surface area contributed by atoms with E-state index in [2.05, 4.69) is 17.4 Å². The molecule has 0 saturated carbocycles. The summed E-state index contributed by atoms with van der Waals surface area (Å²) in [4.78, 5) is 24.8. The highest BCUT2D eigenvalue weighted by Gasteiger charge is 2.37. The number of amides is 1. The van der Waals surface area contributed by atoms with E-state index in [0.717, 1.165) is 22.3 Å². The molecule has 1 aliphatic carbocycles. The summed E-state index contributed by atoms with van der Waals surface area (Å²) in [5.74, 6) is -0.266. The van der Waals surface area contributed by atoms with Gasteiger partial charge in [0.25, 0.3) is 0 Å². The van der Waals surface area contributed by atoms with Crippen LogP contribution in [0.4, 0.5) is 4.79 Å². The number of carboxylic acids is 1. The lowest BCUT2D eigenvalue weighted by Crippen LogP contribution is -2.54. The maximum absolute atomic E-state index is 12.7. The third-order valence-corrected chi connectivity index (χ3v) is 6.20. The summed E-state index contributed by atoms with van der Waals surface area (Å²) in [6, 6.07) is 21.2. The second-order valence-electron chi connectivity index (χ2n) is 8.45. The van der Waals surface area contributed by atoms with Crippen molar-refractivity contribution in [2.75, 3.05) is 20.8 Å². The van der Waals surface area contributed by atoms with Gasteiger partial charge >= 0.3 is 12.1 Å². The van der Waals surface area contributed by atoms with Crippen molar-refractivity contribution in [1.29, 1.82) is 0 Å². The van der Waals surface area contributed by atoms with Gasteiger partial charge in [-0.2, -0.15) is 0 Å². The fourth-order valence-electron chi connectivity index (χ4n) is 4.43. The number of carbonyl (C=O) groups is 2. The first kappa shape index (κ1) is 23.2. The summed E-state index contributed by atoms with van der Waals surface area (Å²) >= 11 is 0. The minimum atomic E-state index is -1.58. The molecule has 34 heavy (non-hydrogen) atoms. The zero-order valence-corrected chi connectivity index (χ0v) is 19.3. The Morgan fingerprint density at radius 2 is 1.50 bits per heavy atom. The number of fused-ring (bicyclic) bond motifs is 3. The number of carbonyl (C=O) groups excluding carboxylic acids is 1. The van der Waals surface area contributed by atoms with Crippen molar-refractivity contribution in [3.63, 3.8) is 0 Å². The second kappa shape index (κ2) is 9.47. The van der Waals surface area contributed by atoms with Crippen LogP contribution >= 0.6 is 0 Å². The van der Waals surface area contributed by atoms with Crippen LogP contribution in [-0.2, 0) is 16.0 Å². The molecule has 1 amide bonds. The van der Waals surface area contributed by atoms with Crippen LogP contribution in [0.5, 0.6) is 11.5 Å². The van der Waals surface area contributed by atoms with Crippen molar-refractivity contribution in [2.24, 2.45) is 0 Å². The van der Waals surface area contributed by atoms with Crippen molar-refractivity contribution in [1.82, 2.24) is 5.32 Å². The Hall–Kier alpha value is -4.00. The fourth-order valence-corrected chi connectivity index (χ4v) is 4.43. The van der Waals surface area contributed by atoms with Crippen molar-refractivity contribution in [3.8, 4) is 22.6 Å². The Kier molecular flexibility index (Phi) is 6.45. The molecule has 7 heteroatoms. The highest BCUT2D eigenvalue weighted by molar-refractivity contribution is 5.84. The molecule has 0 aromatic heterocycles. The molecule has 4 rings (SSSR count). The van der Waals surface area contributed by atoms with Crippen LogP contribution in [0.3, 0.4) is 0 Å². The minimum absolute atomic E-state index is 0.0346. The molecule has 0 bridgehead atoms. The van der Waals surface area contributed by atoms with Gasteiger partial charge < -0.3 is 24.6 Å². The zero-order chi connectivity index (χ0) is 24.3. The van der Waals surface area contributed by atoms with Gasteiger partial charge in [0.05, 0.1) is 14.2 Å². The van der Waals surface area contributed by atoms with Crippen LogP contribution in [0.25, 0.3) is 11.1 Å². The second-order valence-corrected chi connectivity index (χ2v) is 8.45. The standard InChI is InChI=1S/C27H27NO6/c1-27(25(29)30,15-17-12-13-23(32-2)24(14-17)33-3)28-26(31)34-16-22-20-10-6-4-8-18(20)19-9-5-7-11-21(19)22/h4-14,22H,15-16H2,1-3H3,(H,28,31)(H,29,30). The first-order valence-electron chi connectivity index (χ1n) is 10.9. The van der Waals surface area contributed by atoms with Gasteiger partial charge in [-0.05, 0) is 46.9 Å². The predicted octanol–water partition coefficient (Wildman–Crippen LogP) is 4.63. The minimum Gasteiger partial charge on any atom is -0.493 e. The van der Waals surface area contributed by atoms with E-state index in [9.17, 15) is 14.7 Å². The average molecular weight is 462 g/mol. The molecule has 1 atom stereocenters. The lowest BCUT2D eigenvalue weighted by molar-refractivity contribution is -0.143. The van der Waals surface area contributed by atoms with Gasteiger partial charge in [0.15, 0.2) is 11.5 Å². The maximum Gasteiger partial charge on any atom is 0.408 e. The monoisotopic (exact) mass is 461 g/mol. The van der Waals surface area contributed by atoms with Gasteiger partial charge in [0, 0.05) is 12.3 Å². The number of ether oxygens (including phenoxy) is 3. The van der Waals surface area contributed by atoms with Crippen LogP contribution in [0.2, 0.25) is 0 Å². The number of carboxylic acid groups (broad SMARTS) is 1. The van der Waals surface area contributed by atoms with E-state index >= 15 is 0 Å². The Balaban J connectivity index is 1.47. The maximum atomic E-state index is 12.7. The number of hydrogen-bond acceptors (Lipinski definition) is 5. The number of methoxy groups -OCH3 is 2. The smallest absolute Gasteiger partial charge is 0.408 e. The summed E-state index contributed by atoms with van der Waals surface area (Å²) in [7, 11) is 3.03. The molecular formula is C27H27NO6. The number of aliphatic carboxylic acids is 1.